The number of phenolic OH excluding ortho intramolecular Hbond substituents is 2. The van der Waals surface area contributed by atoms with Crippen molar-refractivity contribution in [2.24, 2.45) is 0 Å². The van der Waals surface area contributed by atoms with Gasteiger partial charge in [0.1, 0.15) is 17.2 Å². The Bertz CT molecular complexity index is 775. The summed E-state index contributed by atoms with van der Waals surface area (Å²) in [7, 11) is 1.66. The Morgan fingerprint density at radius 2 is 1.25 bits per heavy atom. The van der Waals surface area contributed by atoms with Gasteiger partial charge in [-0.3, -0.25) is 0 Å². The molecule has 122 valence electrons. The van der Waals surface area contributed by atoms with E-state index >= 15 is 0 Å². The number of rotatable bonds is 4. The lowest BCUT2D eigenvalue weighted by Crippen LogP contribution is -2.05. The molecule has 24 heavy (non-hydrogen) atoms. The lowest BCUT2D eigenvalue weighted by atomic mass is 9.83. The second-order valence-corrected chi connectivity index (χ2v) is 5.84. The monoisotopic (exact) mass is 320 g/mol. The molecule has 0 aliphatic heterocycles. The van der Waals surface area contributed by atoms with E-state index in [0.29, 0.717) is 0 Å². The van der Waals surface area contributed by atoms with Crippen molar-refractivity contribution >= 4 is 0 Å². The Morgan fingerprint density at radius 1 is 0.750 bits per heavy atom. The van der Waals surface area contributed by atoms with Gasteiger partial charge in [0.25, 0.3) is 0 Å². The number of hydrogen-bond acceptors (Lipinski definition) is 3. The number of ether oxygens (including phenoxy) is 1. The molecule has 0 aromatic heterocycles. The molecule has 0 amide bonds. The van der Waals surface area contributed by atoms with E-state index in [1.165, 1.54) is 0 Å². The van der Waals surface area contributed by atoms with Gasteiger partial charge in [0.2, 0.25) is 0 Å². The zero-order chi connectivity index (χ0) is 17.1. The van der Waals surface area contributed by atoms with Crippen LogP contribution in [0.15, 0.2) is 66.7 Å². The number of hydrogen-bond donors (Lipinski definition) is 2. The topological polar surface area (TPSA) is 49.7 Å². The summed E-state index contributed by atoms with van der Waals surface area (Å²) in [6.07, 6.45) is 0. The summed E-state index contributed by atoms with van der Waals surface area (Å²) in [5.74, 6) is 1.27. The predicted molar refractivity (Wildman–Crippen MR) is 94.9 cm³/mol. The first kappa shape index (κ1) is 15.9. The van der Waals surface area contributed by atoms with Crippen molar-refractivity contribution in [2.45, 2.75) is 12.8 Å². The first-order valence-corrected chi connectivity index (χ1v) is 7.81. The van der Waals surface area contributed by atoms with Crippen LogP contribution in [0.1, 0.15) is 28.2 Å². The van der Waals surface area contributed by atoms with E-state index in [4.69, 9.17) is 4.74 Å². The molecule has 0 unspecified atom stereocenters. The zero-order valence-corrected chi connectivity index (χ0v) is 13.7. The van der Waals surface area contributed by atoms with Crippen LogP contribution < -0.4 is 4.74 Å². The molecular formula is C21H20O3. The van der Waals surface area contributed by atoms with Gasteiger partial charge in [0.15, 0.2) is 0 Å². The largest absolute Gasteiger partial charge is 0.508 e. The number of phenols is 2. The molecule has 0 aliphatic rings. The highest BCUT2D eigenvalue weighted by Crippen LogP contribution is 2.36. The quantitative estimate of drug-likeness (QED) is 0.691. The fourth-order valence-corrected chi connectivity index (χ4v) is 2.94. The molecule has 0 saturated carbocycles. The molecule has 3 rings (SSSR count). The van der Waals surface area contributed by atoms with Crippen LogP contribution in [0.5, 0.6) is 17.2 Å². The second-order valence-electron chi connectivity index (χ2n) is 5.84. The van der Waals surface area contributed by atoms with Gasteiger partial charge in [-0.25, -0.2) is 0 Å². The maximum atomic E-state index is 9.60. The van der Waals surface area contributed by atoms with E-state index in [2.05, 4.69) is 6.92 Å². The lowest BCUT2D eigenvalue weighted by Gasteiger charge is -2.21. The number of aromatic hydroxyl groups is 2. The molecule has 3 aromatic carbocycles. The summed E-state index contributed by atoms with van der Waals surface area (Å²) in [5, 5.41) is 19.2. The maximum Gasteiger partial charge on any atom is 0.119 e. The van der Waals surface area contributed by atoms with Crippen molar-refractivity contribution in [1.82, 2.24) is 0 Å². The van der Waals surface area contributed by atoms with E-state index in [1.807, 2.05) is 42.5 Å². The van der Waals surface area contributed by atoms with Gasteiger partial charge in [-0.2, -0.15) is 0 Å². The van der Waals surface area contributed by atoms with E-state index in [0.717, 1.165) is 28.0 Å². The van der Waals surface area contributed by atoms with Crippen LogP contribution >= 0.6 is 0 Å². The van der Waals surface area contributed by atoms with E-state index < -0.39 is 0 Å². The molecule has 0 bridgehead atoms. The summed E-state index contributed by atoms with van der Waals surface area (Å²) < 4.78 is 5.39. The van der Waals surface area contributed by atoms with Crippen LogP contribution in [0, 0.1) is 6.92 Å². The average Bonchev–Trinajstić information content (AvgIpc) is 2.60. The predicted octanol–water partition coefficient (Wildman–Crippen LogP) is 4.60. The molecule has 0 spiro atoms. The Kier molecular flexibility index (Phi) is 4.43. The van der Waals surface area contributed by atoms with Gasteiger partial charge in [-0.15, -0.1) is 0 Å². The maximum absolute atomic E-state index is 9.60. The van der Waals surface area contributed by atoms with E-state index in [-0.39, 0.29) is 17.4 Å². The summed E-state index contributed by atoms with van der Waals surface area (Å²) in [5.41, 5.74) is 4.41. The van der Waals surface area contributed by atoms with Crippen molar-refractivity contribution in [3.8, 4) is 17.2 Å². The van der Waals surface area contributed by atoms with Crippen molar-refractivity contribution in [1.29, 1.82) is 0 Å². The molecule has 3 aromatic rings. The molecule has 3 heteroatoms. The van der Waals surface area contributed by atoms with Gasteiger partial charge in [0, 0.05) is 5.92 Å². The third kappa shape index (κ3) is 3.20. The molecule has 0 saturated heterocycles. The minimum Gasteiger partial charge on any atom is -0.508 e. The van der Waals surface area contributed by atoms with E-state index in [9.17, 15) is 10.2 Å². The number of benzene rings is 3. The third-order valence-electron chi connectivity index (χ3n) is 4.25. The normalized spacial score (nSPS) is 10.8. The Hall–Kier alpha value is -2.94. The summed E-state index contributed by atoms with van der Waals surface area (Å²) in [6, 6.07) is 20.5. The first-order valence-electron chi connectivity index (χ1n) is 7.81. The van der Waals surface area contributed by atoms with Gasteiger partial charge in [-0.05, 0) is 65.6 Å². The molecular weight excluding hydrogens is 300 g/mol. The number of aryl methyl sites for hydroxylation is 1. The Labute approximate surface area is 141 Å². The first-order chi connectivity index (χ1) is 11.6. The van der Waals surface area contributed by atoms with Gasteiger partial charge in [-0.1, -0.05) is 30.3 Å². The highest BCUT2D eigenvalue weighted by Gasteiger charge is 2.19. The average molecular weight is 320 g/mol. The van der Waals surface area contributed by atoms with Crippen LogP contribution in [0.25, 0.3) is 0 Å². The summed E-state index contributed by atoms with van der Waals surface area (Å²) >= 11 is 0. The lowest BCUT2D eigenvalue weighted by molar-refractivity contribution is 0.414. The van der Waals surface area contributed by atoms with Crippen molar-refractivity contribution < 1.29 is 14.9 Å². The van der Waals surface area contributed by atoms with Crippen molar-refractivity contribution in [2.75, 3.05) is 7.11 Å². The van der Waals surface area contributed by atoms with Crippen LogP contribution in [0.3, 0.4) is 0 Å². The summed E-state index contributed by atoms with van der Waals surface area (Å²) in [6.45, 7) is 2.07. The van der Waals surface area contributed by atoms with Crippen LogP contribution in [0.4, 0.5) is 0 Å². The molecule has 0 atom stereocenters. The van der Waals surface area contributed by atoms with Gasteiger partial charge >= 0.3 is 0 Å². The Balaban J connectivity index is 2.18. The zero-order valence-electron chi connectivity index (χ0n) is 13.7. The molecule has 0 fully saturated rings. The van der Waals surface area contributed by atoms with Crippen LogP contribution in [-0.2, 0) is 0 Å². The van der Waals surface area contributed by atoms with Crippen LogP contribution in [0.2, 0.25) is 0 Å². The fraction of sp³-hybridized carbons (Fsp3) is 0.143. The molecule has 0 heterocycles. The molecule has 0 radical (unpaired) electrons. The SMILES string of the molecule is COc1ccc(C)c(C(c2ccc(O)cc2)c2ccc(O)cc2)c1. The third-order valence-corrected chi connectivity index (χ3v) is 4.25. The van der Waals surface area contributed by atoms with Gasteiger partial charge in [0.05, 0.1) is 7.11 Å². The van der Waals surface area contributed by atoms with Crippen LogP contribution in [-0.4, -0.2) is 17.3 Å². The highest BCUT2D eigenvalue weighted by molar-refractivity contribution is 5.50. The molecule has 0 aliphatic carbocycles. The van der Waals surface area contributed by atoms with Crippen molar-refractivity contribution in [3.63, 3.8) is 0 Å². The molecule has 3 nitrogen and oxygen atoms in total. The minimum absolute atomic E-state index is 0.0127. The van der Waals surface area contributed by atoms with Gasteiger partial charge < -0.3 is 14.9 Å². The fourth-order valence-electron chi connectivity index (χ4n) is 2.94. The van der Waals surface area contributed by atoms with E-state index in [1.54, 1.807) is 31.4 Å². The number of methoxy groups -OCH3 is 1. The highest BCUT2D eigenvalue weighted by atomic mass is 16.5. The summed E-state index contributed by atoms with van der Waals surface area (Å²) in [4.78, 5) is 0. The standard InChI is InChI=1S/C21H20O3/c1-14-3-12-19(24-2)13-20(14)21(15-4-8-17(22)9-5-15)16-6-10-18(23)11-7-16/h3-13,21-23H,1-2H3. The minimum atomic E-state index is -0.0127. The molecule has 2 N–H and O–H groups in total. The second kappa shape index (κ2) is 6.67. The smallest absolute Gasteiger partial charge is 0.119 e. The Morgan fingerprint density at radius 3 is 1.71 bits per heavy atom. The van der Waals surface area contributed by atoms with Crippen molar-refractivity contribution in [3.05, 3.63) is 89.0 Å².